The van der Waals surface area contributed by atoms with Crippen molar-refractivity contribution in [3.63, 3.8) is 0 Å². The molecule has 0 heterocycles. The Morgan fingerprint density at radius 3 is 2.50 bits per heavy atom. The summed E-state index contributed by atoms with van der Waals surface area (Å²) >= 11 is 0. The van der Waals surface area contributed by atoms with Crippen molar-refractivity contribution < 1.29 is 5.11 Å². The maximum atomic E-state index is 9.52. The molecule has 0 aromatic heterocycles. The van der Waals surface area contributed by atoms with Crippen LogP contribution in [0.3, 0.4) is 0 Å². The molecule has 0 unspecified atom stereocenters. The van der Waals surface area contributed by atoms with E-state index in [2.05, 4.69) is 0 Å². The standard InChI is InChI=1S/C9H16O/c10-9-6-5-7-3-1-2-4-8(7)9/h7-10H,1-6H2/t7-,8+,9-/m0/s1. The Morgan fingerprint density at radius 2 is 1.70 bits per heavy atom. The van der Waals surface area contributed by atoms with Crippen LogP contribution in [0.4, 0.5) is 0 Å². The summed E-state index contributed by atoms with van der Waals surface area (Å²) in [6.45, 7) is 0. The van der Waals surface area contributed by atoms with Crippen LogP contribution in [0.1, 0.15) is 38.5 Å². The average molecular weight is 140 g/mol. The normalized spacial score (nSPS) is 47.1. The van der Waals surface area contributed by atoms with Crippen LogP contribution in [0.25, 0.3) is 0 Å². The first-order chi connectivity index (χ1) is 4.88. The fourth-order valence-corrected chi connectivity index (χ4v) is 2.70. The van der Waals surface area contributed by atoms with Gasteiger partial charge in [0.2, 0.25) is 0 Å². The van der Waals surface area contributed by atoms with Crippen molar-refractivity contribution in [1.82, 2.24) is 0 Å². The molecule has 2 saturated carbocycles. The molecule has 2 aliphatic rings. The molecule has 58 valence electrons. The van der Waals surface area contributed by atoms with Crippen molar-refractivity contribution in [3.8, 4) is 0 Å². The van der Waals surface area contributed by atoms with Crippen molar-refractivity contribution in [3.05, 3.63) is 0 Å². The minimum Gasteiger partial charge on any atom is -0.393 e. The van der Waals surface area contributed by atoms with Gasteiger partial charge < -0.3 is 5.11 Å². The molecule has 2 aliphatic carbocycles. The predicted octanol–water partition coefficient (Wildman–Crippen LogP) is 1.95. The van der Waals surface area contributed by atoms with Crippen molar-refractivity contribution in [2.75, 3.05) is 0 Å². The number of aliphatic hydroxyl groups excluding tert-OH is 1. The largest absolute Gasteiger partial charge is 0.393 e. The number of rotatable bonds is 0. The Labute approximate surface area is 62.4 Å². The number of aliphatic hydroxyl groups is 1. The summed E-state index contributed by atoms with van der Waals surface area (Å²) in [6.07, 6.45) is 7.89. The lowest BCUT2D eigenvalue weighted by Gasteiger charge is -2.26. The highest BCUT2D eigenvalue weighted by molar-refractivity contribution is 4.86. The summed E-state index contributed by atoms with van der Waals surface area (Å²) in [5.41, 5.74) is 0. The van der Waals surface area contributed by atoms with Crippen molar-refractivity contribution in [2.45, 2.75) is 44.6 Å². The fraction of sp³-hybridized carbons (Fsp3) is 1.00. The SMILES string of the molecule is O[C@H]1CC[C@@H]2CCCC[C@H]21. The van der Waals surface area contributed by atoms with E-state index in [4.69, 9.17) is 0 Å². The van der Waals surface area contributed by atoms with E-state index in [0.29, 0.717) is 5.92 Å². The van der Waals surface area contributed by atoms with Gasteiger partial charge in [0, 0.05) is 0 Å². The van der Waals surface area contributed by atoms with E-state index in [-0.39, 0.29) is 6.10 Å². The van der Waals surface area contributed by atoms with Gasteiger partial charge in [-0.3, -0.25) is 0 Å². The summed E-state index contributed by atoms with van der Waals surface area (Å²) < 4.78 is 0. The fourth-order valence-electron chi connectivity index (χ4n) is 2.70. The lowest BCUT2D eigenvalue weighted by atomic mass is 9.81. The van der Waals surface area contributed by atoms with Crippen LogP contribution >= 0.6 is 0 Å². The number of hydrogen-bond acceptors (Lipinski definition) is 1. The van der Waals surface area contributed by atoms with Crippen LogP contribution in [0.15, 0.2) is 0 Å². The van der Waals surface area contributed by atoms with Gasteiger partial charge in [0.05, 0.1) is 6.10 Å². The van der Waals surface area contributed by atoms with Gasteiger partial charge in [-0.2, -0.15) is 0 Å². The first-order valence-electron chi connectivity index (χ1n) is 4.56. The molecule has 0 spiro atoms. The molecule has 0 bridgehead atoms. The third-order valence-corrected chi connectivity index (χ3v) is 3.30. The molecule has 0 aliphatic heterocycles. The minimum absolute atomic E-state index is 0.0605. The van der Waals surface area contributed by atoms with Gasteiger partial charge in [-0.15, -0.1) is 0 Å². The van der Waals surface area contributed by atoms with Gasteiger partial charge in [-0.25, -0.2) is 0 Å². The first-order valence-corrected chi connectivity index (χ1v) is 4.56. The highest BCUT2D eigenvalue weighted by atomic mass is 16.3. The zero-order valence-electron chi connectivity index (χ0n) is 6.42. The zero-order chi connectivity index (χ0) is 6.97. The summed E-state index contributed by atoms with van der Waals surface area (Å²) in [7, 11) is 0. The Kier molecular flexibility index (Phi) is 1.69. The van der Waals surface area contributed by atoms with E-state index in [1.807, 2.05) is 0 Å². The average Bonchev–Trinajstić information content (AvgIpc) is 2.34. The molecule has 2 fully saturated rings. The highest BCUT2D eigenvalue weighted by Gasteiger charge is 2.35. The third kappa shape index (κ3) is 0.968. The van der Waals surface area contributed by atoms with Gasteiger partial charge in [-0.1, -0.05) is 19.3 Å². The Bertz CT molecular complexity index is 120. The van der Waals surface area contributed by atoms with E-state index in [9.17, 15) is 5.11 Å². The predicted molar refractivity (Wildman–Crippen MR) is 40.7 cm³/mol. The smallest absolute Gasteiger partial charge is 0.0571 e. The van der Waals surface area contributed by atoms with Gasteiger partial charge in [0.1, 0.15) is 0 Å². The molecule has 0 saturated heterocycles. The maximum absolute atomic E-state index is 9.52. The van der Waals surface area contributed by atoms with Crippen LogP contribution in [0, 0.1) is 11.8 Å². The number of hydrogen-bond donors (Lipinski definition) is 1. The molecule has 0 radical (unpaired) electrons. The second-order valence-corrected chi connectivity index (χ2v) is 3.85. The van der Waals surface area contributed by atoms with E-state index in [1.165, 1.54) is 32.1 Å². The van der Waals surface area contributed by atoms with Crippen molar-refractivity contribution >= 4 is 0 Å². The Morgan fingerprint density at radius 1 is 0.900 bits per heavy atom. The lowest BCUT2D eigenvalue weighted by Crippen LogP contribution is -2.22. The van der Waals surface area contributed by atoms with Crippen LogP contribution in [0.5, 0.6) is 0 Å². The molecule has 3 atom stereocenters. The molecule has 0 amide bonds. The summed E-state index contributed by atoms with van der Waals surface area (Å²) in [4.78, 5) is 0. The van der Waals surface area contributed by atoms with E-state index in [1.54, 1.807) is 0 Å². The van der Waals surface area contributed by atoms with Gasteiger partial charge in [-0.05, 0) is 31.1 Å². The van der Waals surface area contributed by atoms with E-state index >= 15 is 0 Å². The first kappa shape index (κ1) is 6.66. The van der Waals surface area contributed by atoms with Crippen LogP contribution in [-0.2, 0) is 0 Å². The second-order valence-electron chi connectivity index (χ2n) is 3.85. The van der Waals surface area contributed by atoms with Gasteiger partial charge in [0.25, 0.3) is 0 Å². The van der Waals surface area contributed by atoms with Gasteiger partial charge >= 0.3 is 0 Å². The monoisotopic (exact) mass is 140 g/mol. The Balaban J connectivity index is 2.01. The molecule has 0 aromatic carbocycles. The molecule has 0 aromatic rings. The quantitative estimate of drug-likeness (QED) is 0.545. The molecular weight excluding hydrogens is 124 g/mol. The molecule has 2 rings (SSSR count). The lowest BCUT2D eigenvalue weighted by molar-refractivity contribution is 0.0963. The molecule has 1 N–H and O–H groups in total. The van der Waals surface area contributed by atoms with Crippen LogP contribution in [-0.4, -0.2) is 11.2 Å². The van der Waals surface area contributed by atoms with E-state index in [0.717, 1.165) is 12.3 Å². The zero-order valence-corrected chi connectivity index (χ0v) is 6.42. The minimum atomic E-state index is 0.0605. The second kappa shape index (κ2) is 2.54. The molecule has 1 nitrogen and oxygen atoms in total. The summed E-state index contributed by atoms with van der Waals surface area (Å²) in [6, 6.07) is 0. The molecule has 1 heteroatoms. The van der Waals surface area contributed by atoms with E-state index < -0.39 is 0 Å². The summed E-state index contributed by atoms with van der Waals surface area (Å²) in [5.74, 6) is 1.58. The number of fused-ring (bicyclic) bond motifs is 1. The van der Waals surface area contributed by atoms with Gasteiger partial charge in [0.15, 0.2) is 0 Å². The topological polar surface area (TPSA) is 20.2 Å². The maximum Gasteiger partial charge on any atom is 0.0571 e. The van der Waals surface area contributed by atoms with Crippen molar-refractivity contribution in [1.29, 1.82) is 0 Å². The summed E-state index contributed by atoms with van der Waals surface area (Å²) in [5, 5.41) is 9.52. The van der Waals surface area contributed by atoms with Crippen molar-refractivity contribution in [2.24, 2.45) is 11.8 Å². The van der Waals surface area contributed by atoms with Crippen LogP contribution < -0.4 is 0 Å². The third-order valence-electron chi connectivity index (χ3n) is 3.30. The molecular formula is C9H16O. The highest BCUT2D eigenvalue weighted by Crippen LogP contribution is 2.41. The van der Waals surface area contributed by atoms with Crippen LogP contribution in [0.2, 0.25) is 0 Å². The Hall–Kier alpha value is -0.0400. The molecule has 10 heavy (non-hydrogen) atoms.